The van der Waals surface area contributed by atoms with Crippen molar-refractivity contribution < 1.29 is 49.0 Å². The van der Waals surface area contributed by atoms with E-state index in [2.05, 4.69) is 67.6 Å². The molecule has 0 amide bonds. The molecule has 0 heterocycles. The molecule has 2 aliphatic carbocycles. The summed E-state index contributed by atoms with van der Waals surface area (Å²) in [6, 6.07) is 15.5. The molecule has 3 aromatic rings. The van der Waals surface area contributed by atoms with Gasteiger partial charge in [-0.1, -0.05) is 65.3 Å². The first kappa shape index (κ1) is 23.4. The molecule has 5 rings (SSSR count). The molecule has 0 aromatic heterocycles. The number of fused-ring (bicyclic) bond motifs is 3. The molecule has 3 heteroatoms. The number of rotatable bonds is 1. The Bertz CT molecular complexity index is 1020. The third kappa shape index (κ3) is 4.99. The minimum atomic E-state index is 0. The summed E-state index contributed by atoms with van der Waals surface area (Å²) >= 11 is 1.69. The van der Waals surface area contributed by atoms with Crippen molar-refractivity contribution in [1.29, 1.82) is 0 Å². The van der Waals surface area contributed by atoms with E-state index in [4.69, 9.17) is 0 Å². The molecule has 0 atom stereocenters. The molecular formula is C25H25Cl2Zr-. The fourth-order valence-electron chi connectivity index (χ4n) is 4.17. The second kappa shape index (κ2) is 10.8. The van der Waals surface area contributed by atoms with Gasteiger partial charge in [0, 0.05) is 0 Å². The van der Waals surface area contributed by atoms with Gasteiger partial charge in [0.2, 0.25) is 0 Å². The van der Waals surface area contributed by atoms with Gasteiger partial charge in [-0.2, -0.15) is 0 Å². The third-order valence-electron chi connectivity index (χ3n) is 5.55. The van der Waals surface area contributed by atoms with Crippen LogP contribution in [0.2, 0.25) is 0 Å². The van der Waals surface area contributed by atoms with Crippen LogP contribution in [0.25, 0.3) is 27.1 Å². The van der Waals surface area contributed by atoms with Gasteiger partial charge in [-0.15, -0.1) is 33.7 Å². The summed E-state index contributed by atoms with van der Waals surface area (Å²) in [5, 5.41) is 5.49. The molecule has 2 aliphatic rings. The van der Waals surface area contributed by atoms with Crippen LogP contribution in [0.15, 0.2) is 60.7 Å². The summed E-state index contributed by atoms with van der Waals surface area (Å²) in [5.41, 5.74) is 4.25. The fourth-order valence-corrected chi connectivity index (χ4v) is 5.04. The zero-order valence-corrected chi connectivity index (χ0v) is 20.2. The molecule has 1 saturated carbocycles. The van der Waals surface area contributed by atoms with Crippen LogP contribution in [0, 0.1) is 6.92 Å². The predicted octanol–water partition coefficient (Wildman–Crippen LogP) is 1.04. The average molecular weight is 488 g/mol. The van der Waals surface area contributed by atoms with E-state index in [1.54, 1.807) is 27.4 Å². The summed E-state index contributed by atoms with van der Waals surface area (Å²) in [5.74, 6) is 0. The van der Waals surface area contributed by atoms with E-state index in [9.17, 15) is 0 Å². The van der Waals surface area contributed by atoms with Gasteiger partial charge in [0.05, 0.1) is 0 Å². The Labute approximate surface area is 195 Å². The maximum absolute atomic E-state index is 2.34. The van der Waals surface area contributed by atoms with E-state index < -0.39 is 0 Å². The topological polar surface area (TPSA) is 0 Å². The molecule has 0 saturated heterocycles. The van der Waals surface area contributed by atoms with Gasteiger partial charge in [0.25, 0.3) is 0 Å². The average Bonchev–Trinajstić information content (AvgIpc) is 3.30. The second-order valence-corrected chi connectivity index (χ2v) is 9.18. The Morgan fingerprint density at radius 2 is 1.64 bits per heavy atom. The number of aryl methyl sites for hydroxylation is 1. The van der Waals surface area contributed by atoms with Gasteiger partial charge in [-0.05, 0) is 13.3 Å². The van der Waals surface area contributed by atoms with Crippen molar-refractivity contribution in [3.05, 3.63) is 71.8 Å². The van der Waals surface area contributed by atoms with E-state index in [1.807, 2.05) is 0 Å². The van der Waals surface area contributed by atoms with Gasteiger partial charge in [0.1, 0.15) is 0 Å². The standard InChI is InChI=1S/C19H15.C6H10.2ClH.Zr/c1-13-10-11-17-16-9-5-4-8-15(16)12-18(17)19(13)14-6-2-3-7-14;1-2-4-6-5-3-1;;;/h2-6,8-12H,7H2,1H3;1-5H2;2*1H;/q-1;;;;+2/p-2. The zero-order chi connectivity index (χ0) is 17.9. The molecular weight excluding hydrogens is 462 g/mol. The number of hydrogen-bond acceptors (Lipinski definition) is 0. The maximum atomic E-state index is 2.34. The van der Waals surface area contributed by atoms with Gasteiger partial charge >= 0.3 is 59.5 Å². The van der Waals surface area contributed by atoms with Crippen molar-refractivity contribution in [2.75, 3.05) is 0 Å². The molecule has 0 bridgehead atoms. The summed E-state index contributed by atoms with van der Waals surface area (Å²) in [6.45, 7) is 2.21. The fraction of sp³-hybridized carbons (Fsp3) is 0.280. The summed E-state index contributed by atoms with van der Waals surface area (Å²) in [7, 11) is 0. The SMILES string of the molecule is Cc1ccc2c([cH-]c3ccccc32)c1C1=CC=CC1.[Cl-].[Cl-].[Zr+2]=[C]1CCCCC1. The van der Waals surface area contributed by atoms with E-state index in [-0.39, 0.29) is 24.8 Å². The normalized spacial score (nSPS) is 15.5. The minimum absolute atomic E-state index is 0. The first-order chi connectivity index (χ1) is 12.7. The molecule has 144 valence electrons. The second-order valence-electron chi connectivity index (χ2n) is 7.44. The monoisotopic (exact) mass is 485 g/mol. The van der Waals surface area contributed by atoms with Crippen LogP contribution in [-0.4, -0.2) is 3.21 Å². The summed E-state index contributed by atoms with van der Waals surface area (Å²) < 4.78 is 1.80. The van der Waals surface area contributed by atoms with Crippen molar-refractivity contribution in [3.8, 4) is 0 Å². The van der Waals surface area contributed by atoms with E-state index in [0.717, 1.165) is 6.42 Å². The van der Waals surface area contributed by atoms with Gasteiger partial charge < -0.3 is 24.8 Å². The van der Waals surface area contributed by atoms with Crippen LogP contribution in [0.4, 0.5) is 0 Å². The third-order valence-corrected chi connectivity index (χ3v) is 6.78. The Morgan fingerprint density at radius 3 is 2.29 bits per heavy atom. The Morgan fingerprint density at radius 1 is 0.893 bits per heavy atom. The van der Waals surface area contributed by atoms with Crippen molar-refractivity contribution >= 4 is 30.3 Å². The Balaban J connectivity index is 0.000000269. The molecule has 3 aromatic carbocycles. The van der Waals surface area contributed by atoms with Crippen LogP contribution in [-0.2, 0) is 24.2 Å². The van der Waals surface area contributed by atoms with Crippen LogP contribution in [0.3, 0.4) is 0 Å². The molecule has 0 radical (unpaired) electrons. The number of benzene rings is 2. The van der Waals surface area contributed by atoms with Crippen molar-refractivity contribution in [1.82, 2.24) is 0 Å². The molecule has 0 unspecified atom stereocenters. The Hall–Kier alpha value is -0.877. The summed E-state index contributed by atoms with van der Waals surface area (Å²) in [6.07, 6.45) is 15.0. The van der Waals surface area contributed by atoms with Gasteiger partial charge in [-0.3, -0.25) is 0 Å². The van der Waals surface area contributed by atoms with Crippen molar-refractivity contribution in [2.24, 2.45) is 0 Å². The molecule has 0 aliphatic heterocycles. The van der Waals surface area contributed by atoms with Crippen LogP contribution in [0.1, 0.15) is 49.7 Å². The van der Waals surface area contributed by atoms with Gasteiger partial charge in [0.15, 0.2) is 0 Å². The van der Waals surface area contributed by atoms with E-state index >= 15 is 0 Å². The van der Waals surface area contributed by atoms with Crippen molar-refractivity contribution in [2.45, 2.75) is 45.4 Å². The molecule has 1 fully saturated rings. The first-order valence-electron chi connectivity index (χ1n) is 9.74. The van der Waals surface area contributed by atoms with Crippen molar-refractivity contribution in [3.63, 3.8) is 0 Å². The quantitative estimate of drug-likeness (QED) is 0.450. The first-order valence-corrected chi connectivity index (χ1v) is 11.0. The van der Waals surface area contributed by atoms with Crippen LogP contribution < -0.4 is 24.8 Å². The van der Waals surface area contributed by atoms with E-state index in [0.29, 0.717) is 0 Å². The number of halogens is 2. The number of allylic oxidation sites excluding steroid dienone is 4. The molecule has 0 spiro atoms. The van der Waals surface area contributed by atoms with Crippen LogP contribution in [0.5, 0.6) is 0 Å². The van der Waals surface area contributed by atoms with E-state index in [1.165, 1.54) is 70.3 Å². The molecule has 28 heavy (non-hydrogen) atoms. The summed E-state index contributed by atoms with van der Waals surface area (Å²) in [4.78, 5) is 0. The molecule has 0 N–H and O–H groups in total. The zero-order valence-electron chi connectivity index (χ0n) is 16.3. The van der Waals surface area contributed by atoms with Crippen LogP contribution >= 0.6 is 0 Å². The number of hydrogen-bond donors (Lipinski definition) is 0. The van der Waals surface area contributed by atoms with Gasteiger partial charge in [-0.25, -0.2) is 0 Å². The predicted molar refractivity (Wildman–Crippen MR) is 112 cm³/mol. The Kier molecular flexibility index (Phi) is 9.00. The molecule has 0 nitrogen and oxygen atoms in total.